The molecule has 9 heteroatoms. The number of benzene rings is 2. The summed E-state index contributed by atoms with van der Waals surface area (Å²) >= 11 is 0. The molecular formula is C21H26N4O4S. The zero-order chi connectivity index (χ0) is 21.9. The van der Waals surface area contributed by atoms with E-state index in [1.54, 1.807) is 19.9 Å². The number of carbonyl (C=O) groups excluding carboxylic acids is 1. The Morgan fingerprint density at radius 1 is 1.20 bits per heavy atom. The molecule has 3 aromatic rings. The predicted molar refractivity (Wildman–Crippen MR) is 115 cm³/mol. The Morgan fingerprint density at radius 2 is 1.90 bits per heavy atom. The van der Waals surface area contributed by atoms with Gasteiger partial charge in [0.1, 0.15) is 16.5 Å². The van der Waals surface area contributed by atoms with Crippen molar-refractivity contribution in [2.75, 3.05) is 20.2 Å². The highest BCUT2D eigenvalue weighted by Crippen LogP contribution is 2.28. The van der Waals surface area contributed by atoms with Gasteiger partial charge in [-0.2, -0.15) is 4.31 Å². The van der Waals surface area contributed by atoms with Crippen LogP contribution in [0.15, 0.2) is 47.4 Å². The van der Waals surface area contributed by atoms with Crippen LogP contribution in [0.25, 0.3) is 11.0 Å². The molecule has 0 spiro atoms. The minimum absolute atomic E-state index is 0.0299. The second-order valence-corrected chi connectivity index (χ2v) is 8.70. The number of methoxy groups -OCH3 is 1. The molecule has 8 nitrogen and oxygen atoms in total. The summed E-state index contributed by atoms with van der Waals surface area (Å²) in [5, 5.41) is 2.86. The summed E-state index contributed by atoms with van der Waals surface area (Å²) in [7, 11) is -2.39. The maximum absolute atomic E-state index is 13.0. The third-order valence-electron chi connectivity index (χ3n) is 4.91. The molecule has 0 fully saturated rings. The summed E-state index contributed by atoms with van der Waals surface area (Å²) in [6.45, 7) is 5.98. The lowest BCUT2D eigenvalue weighted by atomic mass is 10.2. The molecule has 1 amide bonds. The first-order chi connectivity index (χ1) is 14.3. The van der Waals surface area contributed by atoms with E-state index in [9.17, 15) is 13.2 Å². The molecule has 30 heavy (non-hydrogen) atoms. The number of fused-ring (bicyclic) bond motifs is 1. The number of sulfonamides is 1. The summed E-state index contributed by atoms with van der Waals surface area (Å²) in [5.74, 6) is 0.416. The Morgan fingerprint density at radius 3 is 2.53 bits per heavy atom. The summed E-state index contributed by atoms with van der Waals surface area (Å²) in [6, 6.07) is 11.6. The number of nitrogens with one attached hydrogen (secondary N) is 2. The first-order valence-corrected chi connectivity index (χ1v) is 11.2. The monoisotopic (exact) mass is 430 g/mol. The highest BCUT2D eigenvalue weighted by molar-refractivity contribution is 7.89. The number of para-hydroxylation sites is 2. The van der Waals surface area contributed by atoms with Crippen LogP contribution < -0.4 is 10.1 Å². The van der Waals surface area contributed by atoms with E-state index in [2.05, 4.69) is 15.3 Å². The highest BCUT2D eigenvalue weighted by Gasteiger charge is 2.27. The molecular weight excluding hydrogens is 404 g/mol. The van der Waals surface area contributed by atoms with Gasteiger partial charge in [-0.05, 0) is 37.3 Å². The van der Waals surface area contributed by atoms with Crippen LogP contribution in [-0.2, 0) is 10.0 Å². The number of hydrogen-bond donors (Lipinski definition) is 2. The molecule has 160 valence electrons. The molecule has 0 aliphatic carbocycles. The number of aromatic nitrogens is 2. The van der Waals surface area contributed by atoms with Crippen molar-refractivity contribution in [2.45, 2.75) is 31.7 Å². The van der Waals surface area contributed by atoms with Crippen LogP contribution in [-0.4, -0.2) is 48.8 Å². The van der Waals surface area contributed by atoms with Crippen molar-refractivity contribution in [3.8, 4) is 5.75 Å². The number of carbonyl (C=O) groups is 1. The van der Waals surface area contributed by atoms with E-state index < -0.39 is 22.0 Å². The van der Waals surface area contributed by atoms with Gasteiger partial charge in [-0.3, -0.25) is 4.79 Å². The molecule has 0 saturated heterocycles. The standard InChI is InChI=1S/C21H26N4O4S/c1-5-25(6-2)30(27,28)19-13-15(11-12-18(19)29-4)21(26)22-14(3)20-23-16-9-7-8-10-17(16)24-20/h7-14H,5-6H2,1-4H3,(H,22,26)(H,23,24)/t14-/m0/s1. The van der Waals surface area contributed by atoms with E-state index in [0.717, 1.165) is 11.0 Å². The summed E-state index contributed by atoms with van der Waals surface area (Å²) in [4.78, 5) is 20.5. The normalized spacial score (nSPS) is 12.8. The predicted octanol–water partition coefficient (Wildman–Crippen LogP) is 3.09. The van der Waals surface area contributed by atoms with Crippen molar-refractivity contribution in [1.29, 1.82) is 0 Å². The van der Waals surface area contributed by atoms with Gasteiger partial charge in [0.15, 0.2) is 0 Å². The molecule has 0 bridgehead atoms. The average Bonchev–Trinajstić information content (AvgIpc) is 3.18. The number of rotatable bonds is 8. The average molecular weight is 431 g/mol. The highest BCUT2D eigenvalue weighted by atomic mass is 32.2. The number of aromatic amines is 1. The molecule has 1 heterocycles. The molecule has 1 aromatic heterocycles. The van der Waals surface area contributed by atoms with Crippen molar-refractivity contribution in [2.24, 2.45) is 0 Å². The molecule has 0 saturated carbocycles. The van der Waals surface area contributed by atoms with Gasteiger partial charge in [0.25, 0.3) is 5.91 Å². The van der Waals surface area contributed by atoms with Crippen LogP contribution in [0.2, 0.25) is 0 Å². The maximum Gasteiger partial charge on any atom is 0.251 e. The lowest BCUT2D eigenvalue weighted by Gasteiger charge is -2.20. The fourth-order valence-electron chi connectivity index (χ4n) is 3.25. The Hall–Kier alpha value is -2.91. The number of hydrogen-bond acceptors (Lipinski definition) is 5. The van der Waals surface area contributed by atoms with Gasteiger partial charge in [0, 0.05) is 18.7 Å². The molecule has 0 aliphatic rings. The van der Waals surface area contributed by atoms with E-state index in [1.165, 1.54) is 23.5 Å². The molecule has 1 atom stereocenters. The fourth-order valence-corrected chi connectivity index (χ4v) is 4.89. The smallest absolute Gasteiger partial charge is 0.251 e. The topological polar surface area (TPSA) is 104 Å². The second kappa shape index (κ2) is 8.85. The van der Waals surface area contributed by atoms with Crippen LogP contribution in [0.4, 0.5) is 0 Å². The van der Waals surface area contributed by atoms with Crippen LogP contribution >= 0.6 is 0 Å². The number of ether oxygens (including phenoxy) is 1. The molecule has 3 rings (SSSR count). The van der Waals surface area contributed by atoms with Crippen molar-refractivity contribution in [3.63, 3.8) is 0 Å². The summed E-state index contributed by atoms with van der Waals surface area (Å²) in [6.07, 6.45) is 0. The number of H-pyrrole nitrogens is 1. The minimum Gasteiger partial charge on any atom is -0.495 e. The lowest BCUT2D eigenvalue weighted by molar-refractivity contribution is 0.0938. The number of imidazole rings is 1. The van der Waals surface area contributed by atoms with E-state index in [0.29, 0.717) is 18.9 Å². The lowest BCUT2D eigenvalue weighted by Crippen LogP contribution is -2.31. The SMILES string of the molecule is CCN(CC)S(=O)(=O)c1cc(C(=O)N[C@@H](C)c2nc3ccccc3[nH]2)ccc1OC. The molecule has 0 unspecified atom stereocenters. The third-order valence-corrected chi connectivity index (χ3v) is 6.99. The van der Waals surface area contributed by atoms with Gasteiger partial charge >= 0.3 is 0 Å². The van der Waals surface area contributed by atoms with Gasteiger partial charge in [-0.25, -0.2) is 13.4 Å². The zero-order valence-electron chi connectivity index (χ0n) is 17.5. The zero-order valence-corrected chi connectivity index (χ0v) is 18.3. The molecule has 0 radical (unpaired) electrons. The van der Waals surface area contributed by atoms with E-state index in [1.807, 2.05) is 31.2 Å². The van der Waals surface area contributed by atoms with Crippen molar-refractivity contribution < 1.29 is 17.9 Å². The van der Waals surface area contributed by atoms with Crippen LogP contribution in [0, 0.1) is 0 Å². The molecule has 2 aromatic carbocycles. The maximum atomic E-state index is 13.0. The number of nitrogens with zero attached hydrogens (tertiary/aromatic N) is 2. The van der Waals surface area contributed by atoms with Gasteiger partial charge in [0.2, 0.25) is 10.0 Å². The first-order valence-electron chi connectivity index (χ1n) is 9.75. The quantitative estimate of drug-likeness (QED) is 0.571. The Labute approximate surface area is 176 Å². The summed E-state index contributed by atoms with van der Waals surface area (Å²) in [5.41, 5.74) is 1.92. The molecule has 0 aliphatic heterocycles. The van der Waals surface area contributed by atoms with Gasteiger partial charge < -0.3 is 15.0 Å². The fraction of sp³-hybridized carbons (Fsp3) is 0.333. The van der Waals surface area contributed by atoms with Crippen LogP contribution in [0.1, 0.15) is 43.0 Å². The van der Waals surface area contributed by atoms with Gasteiger partial charge in [0.05, 0.1) is 24.2 Å². The third kappa shape index (κ3) is 4.17. The number of amides is 1. The van der Waals surface area contributed by atoms with E-state index >= 15 is 0 Å². The minimum atomic E-state index is -3.79. The van der Waals surface area contributed by atoms with Crippen molar-refractivity contribution >= 4 is 27.0 Å². The van der Waals surface area contributed by atoms with E-state index in [-0.39, 0.29) is 16.2 Å². The van der Waals surface area contributed by atoms with Crippen molar-refractivity contribution in [3.05, 3.63) is 53.9 Å². The largest absolute Gasteiger partial charge is 0.495 e. The van der Waals surface area contributed by atoms with Crippen molar-refractivity contribution in [1.82, 2.24) is 19.6 Å². The first kappa shape index (κ1) is 21.8. The Balaban J connectivity index is 1.88. The van der Waals surface area contributed by atoms with E-state index in [4.69, 9.17) is 4.74 Å². The second-order valence-electron chi connectivity index (χ2n) is 6.79. The van der Waals surface area contributed by atoms with Crippen LogP contribution in [0.3, 0.4) is 0 Å². The Bertz CT molecular complexity index is 1120. The van der Waals surface area contributed by atoms with Gasteiger partial charge in [-0.1, -0.05) is 26.0 Å². The molecule has 2 N–H and O–H groups in total. The summed E-state index contributed by atoms with van der Waals surface area (Å²) < 4.78 is 32.5. The van der Waals surface area contributed by atoms with Crippen LogP contribution in [0.5, 0.6) is 5.75 Å². The van der Waals surface area contributed by atoms with Gasteiger partial charge in [-0.15, -0.1) is 0 Å². The Kier molecular flexibility index (Phi) is 6.42.